The Balaban J connectivity index is 2.56. The highest BCUT2D eigenvalue weighted by Crippen LogP contribution is 2.17. The summed E-state index contributed by atoms with van der Waals surface area (Å²) in [6.07, 6.45) is 0. The van der Waals surface area contributed by atoms with Crippen molar-refractivity contribution in [2.75, 3.05) is 13.2 Å². The molecule has 1 N–H and O–H groups in total. The van der Waals surface area contributed by atoms with E-state index in [1.165, 1.54) is 6.07 Å². The second kappa shape index (κ2) is 6.12. The average molecular weight is 239 g/mol. The molecule has 96 valence electrons. The summed E-state index contributed by atoms with van der Waals surface area (Å²) < 4.78 is 19.1. The molecule has 2 nitrogen and oxygen atoms in total. The van der Waals surface area contributed by atoms with Crippen molar-refractivity contribution in [2.45, 2.75) is 39.3 Å². The number of rotatable bonds is 6. The summed E-state index contributed by atoms with van der Waals surface area (Å²) in [6, 6.07) is 6.83. The van der Waals surface area contributed by atoms with E-state index < -0.39 is 0 Å². The summed E-state index contributed by atoms with van der Waals surface area (Å²) in [5.74, 6) is -0.165. The quantitative estimate of drug-likeness (QED) is 0.822. The lowest BCUT2D eigenvalue weighted by molar-refractivity contribution is -0.0104. The molecule has 1 unspecified atom stereocenters. The normalized spacial score (nSPS) is 13.7. The van der Waals surface area contributed by atoms with Crippen LogP contribution in [-0.4, -0.2) is 18.8 Å². The van der Waals surface area contributed by atoms with E-state index in [4.69, 9.17) is 4.74 Å². The van der Waals surface area contributed by atoms with E-state index in [-0.39, 0.29) is 17.5 Å². The lowest BCUT2D eigenvalue weighted by Crippen LogP contribution is -2.38. The zero-order chi connectivity index (χ0) is 12.9. The first-order valence-corrected chi connectivity index (χ1v) is 6.08. The summed E-state index contributed by atoms with van der Waals surface area (Å²) in [6.45, 7) is 9.36. The minimum Gasteiger partial charge on any atom is -0.375 e. The topological polar surface area (TPSA) is 21.3 Å². The molecule has 1 atom stereocenters. The fourth-order valence-corrected chi connectivity index (χ4v) is 1.78. The molecular formula is C14H22FNO. The molecule has 1 aromatic rings. The van der Waals surface area contributed by atoms with Crippen LogP contribution in [0.15, 0.2) is 24.3 Å². The van der Waals surface area contributed by atoms with E-state index in [2.05, 4.69) is 5.32 Å². The van der Waals surface area contributed by atoms with Crippen LogP contribution in [0.3, 0.4) is 0 Å². The Bertz CT molecular complexity index is 352. The first-order chi connectivity index (χ1) is 7.96. The smallest absolute Gasteiger partial charge is 0.127 e. The highest BCUT2D eigenvalue weighted by atomic mass is 19.1. The molecule has 0 aromatic heterocycles. The largest absolute Gasteiger partial charge is 0.375 e. The van der Waals surface area contributed by atoms with Gasteiger partial charge in [-0.3, -0.25) is 0 Å². The highest BCUT2D eigenvalue weighted by molar-refractivity contribution is 5.20. The molecule has 0 fully saturated rings. The summed E-state index contributed by atoms with van der Waals surface area (Å²) >= 11 is 0. The van der Waals surface area contributed by atoms with Gasteiger partial charge < -0.3 is 10.1 Å². The molecule has 0 amide bonds. The van der Waals surface area contributed by atoms with Gasteiger partial charge in [0.2, 0.25) is 0 Å². The first kappa shape index (κ1) is 14.1. The minimum absolute atomic E-state index is 0.0177. The molecule has 0 saturated heterocycles. The summed E-state index contributed by atoms with van der Waals surface area (Å²) in [7, 11) is 0. The van der Waals surface area contributed by atoms with Crippen molar-refractivity contribution in [2.24, 2.45) is 0 Å². The Morgan fingerprint density at radius 2 is 2.00 bits per heavy atom. The lowest BCUT2D eigenvalue weighted by atomic mass is 10.1. The number of hydrogen-bond acceptors (Lipinski definition) is 2. The predicted molar refractivity (Wildman–Crippen MR) is 68.5 cm³/mol. The molecule has 0 aliphatic carbocycles. The Morgan fingerprint density at radius 3 is 2.59 bits per heavy atom. The van der Waals surface area contributed by atoms with Crippen molar-refractivity contribution in [1.82, 2.24) is 5.32 Å². The molecule has 0 saturated carbocycles. The minimum atomic E-state index is -0.228. The van der Waals surface area contributed by atoms with E-state index in [1.54, 1.807) is 12.1 Å². The SMILES string of the molecule is CCOC(C)(C)CNC(C)c1ccccc1F. The molecule has 0 bridgehead atoms. The molecule has 0 aliphatic heterocycles. The van der Waals surface area contributed by atoms with Crippen LogP contribution in [0.1, 0.15) is 39.3 Å². The number of hydrogen-bond donors (Lipinski definition) is 1. The molecule has 17 heavy (non-hydrogen) atoms. The highest BCUT2D eigenvalue weighted by Gasteiger charge is 2.19. The van der Waals surface area contributed by atoms with Crippen molar-refractivity contribution in [1.29, 1.82) is 0 Å². The maximum Gasteiger partial charge on any atom is 0.127 e. The maximum atomic E-state index is 13.5. The van der Waals surface area contributed by atoms with Crippen molar-refractivity contribution in [3.8, 4) is 0 Å². The molecule has 1 aromatic carbocycles. The lowest BCUT2D eigenvalue weighted by Gasteiger charge is -2.27. The second-order valence-electron chi connectivity index (χ2n) is 4.82. The van der Waals surface area contributed by atoms with E-state index in [0.29, 0.717) is 18.7 Å². The zero-order valence-corrected chi connectivity index (χ0v) is 11.1. The van der Waals surface area contributed by atoms with Crippen molar-refractivity contribution in [3.63, 3.8) is 0 Å². The fourth-order valence-electron chi connectivity index (χ4n) is 1.78. The predicted octanol–water partition coefficient (Wildman–Crippen LogP) is 3.29. The van der Waals surface area contributed by atoms with E-state index >= 15 is 0 Å². The van der Waals surface area contributed by atoms with Gasteiger partial charge in [0.15, 0.2) is 0 Å². The monoisotopic (exact) mass is 239 g/mol. The summed E-state index contributed by atoms with van der Waals surface area (Å²) in [5, 5.41) is 3.30. The van der Waals surface area contributed by atoms with E-state index in [9.17, 15) is 4.39 Å². The summed E-state index contributed by atoms with van der Waals surface area (Å²) in [4.78, 5) is 0. The number of benzene rings is 1. The Labute approximate surface area is 103 Å². The van der Waals surface area contributed by atoms with Crippen LogP contribution >= 0.6 is 0 Å². The van der Waals surface area contributed by atoms with Gasteiger partial charge in [0.05, 0.1) is 5.60 Å². The van der Waals surface area contributed by atoms with Gasteiger partial charge in [0.1, 0.15) is 5.82 Å². The number of nitrogens with one attached hydrogen (secondary N) is 1. The van der Waals surface area contributed by atoms with Crippen LogP contribution in [0.2, 0.25) is 0 Å². The second-order valence-corrected chi connectivity index (χ2v) is 4.82. The van der Waals surface area contributed by atoms with Crippen LogP contribution in [0.25, 0.3) is 0 Å². The van der Waals surface area contributed by atoms with Crippen molar-refractivity contribution >= 4 is 0 Å². The molecule has 3 heteroatoms. The Morgan fingerprint density at radius 1 is 1.35 bits per heavy atom. The van der Waals surface area contributed by atoms with Crippen LogP contribution < -0.4 is 5.32 Å². The maximum absolute atomic E-state index is 13.5. The van der Waals surface area contributed by atoms with Gasteiger partial charge in [-0.25, -0.2) is 4.39 Å². The third-order valence-electron chi connectivity index (χ3n) is 2.74. The number of ether oxygens (including phenoxy) is 1. The van der Waals surface area contributed by atoms with Gasteiger partial charge in [-0.05, 0) is 33.8 Å². The van der Waals surface area contributed by atoms with Crippen molar-refractivity contribution < 1.29 is 9.13 Å². The Hall–Kier alpha value is -0.930. The van der Waals surface area contributed by atoms with Gasteiger partial charge in [-0.1, -0.05) is 18.2 Å². The third kappa shape index (κ3) is 4.44. The molecule has 1 rings (SSSR count). The molecule has 0 heterocycles. The van der Waals surface area contributed by atoms with E-state index in [0.717, 1.165) is 0 Å². The van der Waals surface area contributed by atoms with Gasteiger partial charge in [0, 0.05) is 24.8 Å². The first-order valence-electron chi connectivity index (χ1n) is 6.08. The molecule has 0 spiro atoms. The standard InChI is InChI=1S/C14H22FNO/c1-5-17-14(3,4)10-16-11(2)12-8-6-7-9-13(12)15/h6-9,11,16H,5,10H2,1-4H3. The molecule has 0 aliphatic rings. The van der Waals surface area contributed by atoms with Crippen LogP contribution in [0, 0.1) is 5.82 Å². The van der Waals surface area contributed by atoms with Crippen LogP contribution in [0.4, 0.5) is 4.39 Å². The van der Waals surface area contributed by atoms with Gasteiger partial charge in [0.25, 0.3) is 0 Å². The van der Waals surface area contributed by atoms with Crippen LogP contribution in [0.5, 0.6) is 0 Å². The Kier molecular flexibility index (Phi) is 5.09. The molecule has 0 radical (unpaired) electrons. The van der Waals surface area contributed by atoms with E-state index in [1.807, 2.05) is 33.8 Å². The van der Waals surface area contributed by atoms with Gasteiger partial charge in [-0.2, -0.15) is 0 Å². The molecular weight excluding hydrogens is 217 g/mol. The van der Waals surface area contributed by atoms with Crippen LogP contribution in [-0.2, 0) is 4.74 Å². The summed E-state index contributed by atoms with van der Waals surface area (Å²) in [5.41, 5.74) is 0.466. The number of halogens is 1. The average Bonchev–Trinajstić information content (AvgIpc) is 2.27. The van der Waals surface area contributed by atoms with Gasteiger partial charge >= 0.3 is 0 Å². The third-order valence-corrected chi connectivity index (χ3v) is 2.74. The zero-order valence-electron chi connectivity index (χ0n) is 11.1. The van der Waals surface area contributed by atoms with Crippen molar-refractivity contribution in [3.05, 3.63) is 35.6 Å². The fraction of sp³-hybridized carbons (Fsp3) is 0.571. The van der Waals surface area contributed by atoms with Gasteiger partial charge in [-0.15, -0.1) is 0 Å².